The molecule has 0 bridgehead atoms. The van der Waals surface area contributed by atoms with Crippen molar-refractivity contribution in [2.24, 2.45) is 0 Å². The van der Waals surface area contributed by atoms with E-state index in [0.29, 0.717) is 42.5 Å². The second-order valence-corrected chi connectivity index (χ2v) is 7.62. The number of nitrogens with zero attached hydrogens (tertiary/aromatic N) is 1. The van der Waals surface area contributed by atoms with Gasteiger partial charge in [-0.05, 0) is 37.1 Å². The number of hydrogen-bond donors (Lipinski definition) is 0. The van der Waals surface area contributed by atoms with Crippen molar-refractivity contribution in [2.45, 2.75) is 25.7 Å². The molecule has 150 valence electrons. The van der Waals surface area contributed by atoms with Gasteiger partial charge in [-0.25, -0.2) is 0 Å². The number of Topliss-reactive ketones (excluding diaryl/α,β-unsaturated/α-hetero) is 1. The Morgan fingerprint density at radius 2 is 1.48 bits per heavy atom. The Kier molecular flexibility index (Phi) is 6.93. The minimum atomic E-state index is -0.434. The first-order valence-corrected chi connectivity index (χ1v) is 10.2. The molecule has 7 heteroatoms. The molecule has 0 aliphatic carbocycles. The average Bonchev–Trinajstić information content (AvgIpc) is 2.97. The van der Waals surface area contributed by atoms with Gasteiger partial charge in [0.15, 0.2) is 12.4 Å². The van der Waals surface area contributed by atoms with Crippen molar-refractivity contribution in [3.05, 3.63) is 69.7 Å². The van der Waals surface area contributed by atoms with Crippen LogP contribution in [0.4, 0.5) is 0 Å². The van der Waals surface area contributed by atoms with E-state index in [1.165, 1.54) is 4.90 Å². The number of carbonyl (C=O) groups excluding carboxylic acids is 4. The lowest BCUT2D eigenvalue weighted by molar-refractivity contribution is -0.142. The highest BCUT2D eigenvalue weighted by atomic mass is 79.9. The molecule has 0 saturated heterocycles. The third-order valence-electron chi connectivity index (χ3n) is 4.67. The molecule has 0 saturated carbocycles. The third-order valence-corrected chi connectivity index (χ3v) is 5.20. The van der Waals surface area contributed by atoms with Gasteiger partial charge in [-0.3, -0.25) is 24.1 Å². The van der Waals surface area contributed by atoms with E-state index in [2.05, 4.69) is 15.9 Å². The quantitative estimate of drug-likeness (QED) is 0.245. The van der Waals surface area contributed by atoms with Gasteiger partial charge < -0.3 is 4.74 Å². The second kappa shape index (κ2) is 9.60. The first-order chi connectivity index (χ1) is 14.0. The predicted octanol–water partition coefficient (Wildman–Crippen LogP) is 4.03. The second-order valence-electron chi connectivity index (χ2n) is 6.71. The minimum absolute atomic E-state index is 0.190. The number of amides is 2. The van der Waals surface area contributed by atoms with Crippen LogP contribution >= 0.6 is 15.9 Å². The molecule has 1 heterocycles. The van der Waals surface area contributed by atoms with Crippen LogP contribution in [-0.4, -0.2) is 41.6 Å². The van der Waals surface area contributed by atoms with E-state index >= 15 is 0 Å². The molecule has 2 amide bonds. The van der Waals surface area contributed by atoms with Crippen LogP contribution in [0.2, 0.25) is 0 Å². The topological polar surface area (TPSA) is 80.8 Å². The number of benzene rings is 2. The van der Waals surface area contributed by atoms with Gasteiger partial charge in [-0.2, -0.15) is 0 Å². The number of fused-ring (bicyclic) bond motifs is 1. The molecule has 29 heavy (non-hydrogen) atoms. The molecular formula is C22H20BrNO5. The van der Waals surface area contributed by atoms with Gasteiger partial charge in [0.25, 0.3) is 11.8 Å². The van der Waals surface area contributed by atoms with Crippen LogP contribution in [0.3, 0.4) is 0 Å². The molecule has 1 aliphatic rings. The van der Waals surface area contributed by atoms with Crippen LogP contribution in [0.25, 0.3) is 0 Å². The molecule has 2 aromatic carbocycles. The zero-order valence-corrected chi connectivity index (χ0v) is 17.3. The monoisotopic (exact) mass is 457 g/mol. The summed E-state index contributed by atoms with van der Waals surface area (Å²) in [7, 11) is 0. The van der Waals surface area contributed by atoms with Gasteiger partial charge in [0.2, 0.25) is 0 Å². The largest absolute Gasteiger partial charge is 0.457 e. The van der Waals surface area contributed by atoms with Gasteiger partial charge in [-0.15, -0.1) is 0 Å². The molecule has 0 unspecified atom stereocenters. The molecule has 0 fully saturated rings. The van der Waals surface area contributed by atoms with Gasteiger partial charge in [-0.1, -0.05) is 46.6 Å². The van der Waals surface area contributed by atoms with Gasteiger partial charge in [0, 0.05) is 23.0 Å². The number of ether oxygens (including phenoxy) is 1. The van der Waals surface area contributed by atoms with Gasteiger partial charge in [0.05, 0.1) is 11.1 Å². The summed E-state index contributed by atoms with van der Waals surface area (Å²) < 4.78 is 5.89. The lowest BCUT2D eigenvalue weighted by Gasteiger charge is -2.13. The van der Waals surface area contributed by atoms with Gasteiger partial charge >= 0.3 is 5.97 Å². The Balaban J connectivity index is 1.33. The maximum absolute atomic E-state index is 12.3. The van der Waals surface area contributed by atoms with Crippen molar-refractivity contribution < 1.29 is 23.9 Å². The summed E-state index contributed by atoms with van der Waals surface area (Å²) in [6.07, 6.45) is 2.03. The van der Waals surface area contributed by atoms with Crippen LogP contribution in [-0.2, 0) is 9.53 Å². The molecule has 0 aromatic heterocycles. The number of halogens is 1. The molecule has 0 radical (unpaired) electrons. The Morgan fingerprint density at radius 3 is 2.10 bits per heavy atom. The molecule has 2 aromatic rings. The number of rotatable bonds is 9. The van der Waals surface area contributed by atoms with Crippen molar-refractivity contribution in [2.75, 3.05) is 13.2 Å². The first kappa shape index (κ1) is 20.9. The van der Waals surface area contributed by atoms with E-state index in [1.54, 1.807) is 48.5 Å². The van der Waals surface area contributed by atoms with E-state index in [-0.39, 0.29) is 30.6 Å². The van der Waals surface area contributed by atoms with Crippen LogP contribution in [0.1, 0.15) is 56.8 Å². The summed E-state index contributed by atoms with van der Waals surface area (Å²) in [5.41, 5.74) is 1.37. The third kappa shape index (κ3) is 5.17. The maximum Gasteiger partial charge on any atom is 0.306 e. The van der Waals surface area contributed by atoms with Crippen molar-refractivity contribution >= 4 is 39.5 Å². The van der Waals surface area contributed by atoms with Crippen LogP contribution in [0.15, 0.2) is 53.0 Å². The summed E-state index contributed by atoms with van der Waals surface area (Å²) in [6, 6.07) is 13.6. The number of imide groups is 1. The first-order valence-electron chi connectivity index (χ1n) is 9.37. The highest BCUT2D eigenvalue weighted by molar-refractivity contribution is 9.10. The Hall–Kier alpha value is -2.80. The smallest absolute Gasteiger partial charge is 0.306 e. The molecule has 0 atom stereocenters. The Morgan fingerprint density at radius 1 is 0.862 bits per heavy atom. The predicted molar refractivity (Wildman–Crippen MR) is 110 cm³/mol. The fourth-order valence-electron chi connectivity index (χ4n) is 3.10. The zero-order valence-electron chi connectivity index (χ0n) is 15.7. The highest BCUT2D eigenvalue weighted by Gasteiger charge is 2.34. The maximum atomic E-state index is 12.3. The highest BCUT2D eigenvalue weighted by Crippen LogP contribution is 2.22. The number of ketones is 1. The Labute approximate surface area is 177 Å². The van der Waals surface area contributed by atoms with Crippen LogP contribution < -0.4 is 0 Å². The molecule has 3 rings (SSSR count). The SMILES string of the molecule is O=C(CCCCCN1C(=O)c2ccccc2C1=O)OCC(=O)c1ccc(Br)cc1. The van der Waals surface area contributed by atoms with Crippen molar-refractivity contribution in [1.82, 2.24) is 4.90 Å². The normalized spacial score (nSPS) is 12.8. The minimum Gasteiger partial charge on any atom is -0.457 e. The van der Waals surface area contributed by atoms with Crippen molar-refractivity contribution in [3.63, 3.8) is 0 Å². The number of hydrogen-bond acceptors (Lipinski definition) is 5. The standard InChI is InChI=1S/C22H20BrNO5/c23-16-11-9-15(10-12-16)19(25)14-29-20(26)8-2-1-5-13-24-21(27)17-6-3-4-7-18(17)22(24)28/h3-4,6-7,9-12H,1-2,5,8,13-14H2. The van der Waals surface area contributed by atoms with E-state index < -0.39 is 5.97 Å². The van der Waals surface area contributed by atoms with E-state index in [4.69, 9.17) is 4.74 Å². The fourth-order valence-corrected chi connectivity index (χ4v) is 3.36. The van der Waals surface area contributed by atoms with E-state index in [0.717, 1.165) is 4.47 Å². The molecule has 1 aliphatic heterocycles. The summed E-state index contributed by atoms with van der Waals surface area (Å²) in [4.78, 5) is 49.6. The van der Waals surface area contributed by atoms with E-state index in [9.17, 15) is 19.2 Å². The summed E-state index contributed by atoms with van der Waals surface area (Å²) in [5.74, 6) is -1.22. The Bertz CT molecular complexity index is 903. The van der Waals surface area contributed by atoms with Crippen LogP contribution in [0.5, 0.6) is 0 Å². The average molecular weight is 458 g/mol. The van der Waals surface area contributed by atoms with Crippen molar-refractivity contribution in [1.29, 1.82) is 0 Å². The number of unbranched alkanes of at least 4 members (excludes halogenated alkanes) is 2. The molecule has 0 N–H and O–H groups in total. The lowest BCUT2D eigenvalue weighted by Crippen LogP contribution is -2.30. The van der Waals surface area contributed by atoms with Crippen molar-refractivity contribution in [3.8, 4) is 0 Å². The lowest BCUT2D eigenvalue weighted by atomic mass is 10.1. The van der Waals surface area contributed by atoms with Crippen LogP contribution in [0, 0.1) is 0 Å². The summed E-state index contributed by atoms with van der Waals surface area (Å²) in [6.45, 7) is 0.0406. The zero-order chi connectivity index (χ0) is 20.8. The molecule has 0 spiro atoms. The summed E-state index contributed by atoms with van der Waals surface area (Å²) >= 11 is 3.30. The number of esters is 1. The fraction of sp³-hybridized carbons (Fsp3) is 0.273. The van der Waals surface area contributed by atoms with E-state index in [1.807, 2.05) is 0 Å². The van der Waals surface area contributed by atoms with Gasteiger partial charge in [0.1, 0.15) is 0 Å². The number of carbonyl (C=O) groups is 4. The molecule has 6 nitrogen and oxygen atoms in total. The summed E-state index contributed by atoms with van der Waals surface area (Å²) in [5, 5.41) is 0. The molecular weight excluding hydrogens is 438 g/mol.